The number of carbonyl (C=O) groups is 1. The Labute approximate surface area is 344 Å². The Morgan fingerprint density at radius 1 is 0.455 bits per heavy atom. The molecule has 0 spiro atoms. The minimum absolute atomic E-state index is 0.0191. The molecule has 0 heterocycles. The van der Waals surface area contributed by atoms with Crippen molar-refractivity contribution in [1.29, 1.82) is 0 Å². The maximum atomic E-state index is 12.5. The lowest BCUT2D eigenvalue weighted by molar-refractivity contribution is -0.124. The molecule has 0 aliphatic rings. The summed E-state index contributed by atoms with van der Waals surface area (Å²) >= 11 is 0. The number of hydrogen-bond donors (Lipinski definition) is 4. The van der Waals surface area contributed by atoms with Crippen LogP contribution in [-0.2, 0) is 4.79 Å². The van der Waals surface area contributed by atoms with Crippen molar-refractivity contribution in [2.24, 2.45) is 0 Å². The van der Waals surface area contributed by atoms with E-state index < -0.39 is 18.2 Å². The van der Waals surface area contributed by atoms with Crippen LogP contribution in [0.15, 0.2) is 12.2 Å². The van der Waals surface area contributed by atoms with Crippen molar-refractivity contribution in [3.8, 4) is 0 Å². The van der Waals surface area contributed by atoms with Gasteiger partial charge < -0.3 is 20.6 Å². The van der Waals surface area contributed by atoms with Gasteiger partial charge in [0.2, 0.25) is 5.91 Å². The standard InChI is InChI=1S/C50H99NO4/c1-3-5-7-9-11-13-15-17-19-21-23-24-25-26-28-30-32-34-36-38-40-42-44-49(54)48(46-52)51-50(55)45-47(53)43-41-39-37-35-33-31-29-27-22-20-18-16-14-12-10-8-6-4-2/h42,44,47-49,52-54H,3-41,43,45-46H2,1-2H3,(H,51,55)/b44-42+. The molecule has 0 aromatic rings. The smallest absolute Gasteiger partial charge is 0.222 e. The quantitative estimate of drug-likeness (QED) is 0.0366. The predicted molar refractivity (Wildman–Crippen MR) is 241 cm³/mol. The van der Waals surface area contributed by atoms with Crippen LogP contribution in [0.1, 0.15) is 277 Å². The lowest BCUT2D eigenvalue weighted by atomic mass is 10.0. The van der Waals surface area contributed by atoms with Crippen molar-refractivity contribution in [2.45, 2.75) is 295 Å². The van der Waals surface area contributed by atoms with Gasteiger partial charge in [0, 0.05) is 0 Å². The van der Waals surface area contributed by atoms with Crippen molar-refractivity contribution in [2.75, 3.05) is 6.61 Å². The second-order valence-electron chi connectivity index (χ2n) is 17.4. The molecule has 55 heavy (non-hydrogen) atoms. The summed E-state index contributed by atoms with van der Waals surface area (Å²) in [5.74, 6) is -0.310. The second-order valence-corrected chi connectivity index (χ2v) is 17.4. The molecule has 3 atom stereocenters. The Morgan fingerprint density at radius 2 is 0.745 bits per heavy atom. The molecule has 4 N–H and O–H groups in total. The minimum Gasteiger partial charge on any atom is -0.394 e. The molecule has 3 unspecified atom stereocenters. The molecule has 0 saturated carbocycles. The molecule has 5 heteroatoms. The predicted octanol–water partition coefficient (Wildman–Crippen LogP) is 14.8. The van der Waals surface area contributed by atoms with Crippen LogP contribution in [0.5, 0.6) is 0 Å². The van der Waals surface area contributed by atoms with Crippen molar-refractivity contribution in [3.05, 3.63) is 12.2 Å². The van der Waals surface area contributed by atoms with Crippen LogP contribution >= 0.6 is 0 Å². The summed E-state index contributed by atoms with van der Waals surface area (Å²) in [6.07, 6.45) is 55.1. The highest BCUT2D eigenvalue weighted by Gasteiger charge is 2.20. The van der Waals surface area contributed by atoms with Gasteiger partial charge >= 0.3 is 0 Å². The van der Waals surface area contributed by atoms with Crippen molar-refractivity contribution < 1.29 is 20.1 Å². The van der Waals surface area contributed by atoms with Crippen molar-refractivity contribution in [3.63, 3.8) is 0 Å². The molecular formula is C50H99NO4. The third-order valence-electron chi connectivity index (χ3n) is 11.8. The van der Waals surface area contributed by atoms with Gasteiger partial charge in [-0.25, -0.2) is 0 Å². The van der Waals surface area contributed by atoms with E-state index in [1.54, 1.807) is 6.08 Å². The van der Waals surface area contributed by atoms with Gasteiger partial charge in [-0.1, -0.05) is 264 Å². The van der Waals surface area contributed by atoms with Crippen LogP contribution in [-0.4, -0.2) is 46.1 Å². The summed E-state index contributed by atoms with van der Waals surface area (Å²) in [6.45, 7) is 4.24. The molecule has 0 aliphatic heterocycles. The molecular weight excluding hydrogens is 679 g/mol. The normalized spacial score (nSPS) is 13.5. The van der Waals surface area contributed by atoms with Gasteiger partial charge in [-0.3, -0.25) is 4.79 Å². The summed E-state index contributed by atoms with van der Waals surface area (Å²) in [5, 5.41) is 33.4. The number of amides is 1. The molecule has 0 saturated heterocycles. The van der Waals surface area contributed by atoms with Gasteiger partial charge in [-0.05, 0) is 19.3 Å². The molecule has 5 nitrogen and oxygen atoms in total. The Hall–Kier alpha value is -0.910. The van der Waals surface area contributed by atoms with Crippen LogP contribution in [0.2, 0.25) is 0 Å². The van der Waals surface area contributed by atoms with Crippen molar-refractivity contribution in [1.82, 2.24) is 5.32 Å². The second kappa shape index (κ2) is 45.8. The Morgan fingerprint density at radius 3 is 1.05 bits per heavy atom. The van der Waals surface area contributed by atoms with E-state index in [0.29, 0.717) is 6.42 Å². The lowest BCUT2D eigenvalue weighted by Crippen LogP contribution is -2.45. The first-order valence-electron chi connectivity index (χ1n) is 25.0. The molecule has 0 aromatic heterocycles. The van der Waals surface area contributed by atoms with Crippen molar-refractivity contribution >= 4 is 5.91 Å². The monoisotopic (exact) mass is 778 g/mol. The van der Waals surface area contributed by atoms with E-state index in [-0.39, 0.29) is 18.9 Å². The molecule has 0 radical (unpaired) electrons. The number of rotatable bonds is 46. The van der Waals surface area contributed by atoms with Gasteiger partial charge in [0.25, 0.3) is 0 Å². The topological polar surface area (TPSA) is 89.8 Å². The van der Waals surface area contributed by atoms with E-state index in [9.17, 15) is 20.1 Å². The zero-order valence-corrected chi connectivity index (χ0v) is 37.3. The maximum Gasteiger partial charge on any atom is 0.222 e. The number of unbranched alkanes of at least 4 members (excludes halogenated alkanes) is 37. The highest BCUT2D eigenvalue weighted by molar-refractivity contribution is 5.76. The van der Waals surface area contributed by atoms with Gasteiger partial charge in [-0.15, -0.1) is 0 Å². The molecule has 0 fully saturated rings. The minimum atomic E-state index is -0.925. The molecule has 0 aromatic carbocycles. The van der Waals surface area contributed by atoms with E-state index >= 15 is 0 Å². The third kappa shape index (κ3) is 42.5. The maximum absolute atomic E-state index is 12.5. The average Bonchev–Trinajstić information content (AvgIpc) is 3.18. The molecule has 328 valence electrons. The van der Waals surface area contributed by atoms with E-state index in [1.807, 2.05) is 6.08 Å². The Balaban J connectivity index is 3.59. The van der Waals surface area contributed by atoms with Gasteiger partial charge in [-0.2, -0.15) is 0 Å². The van der Waals surface area contributed by atoms with E-state index in [0.717, 1.165) is 25.7 Å². The van der Waals surface area contributed by atoms with E-state index in [2.05, 4.69) is 19.2 Å². The molecule has 0 bridgehead atoms. The average molecular weight is 778 g/mol. The number of carbonyl (C=O) groups excluding carboxylic acids is 1. The fourth-order valence-electron chi connectivity index (χ4n) is 7.99. The summed E-state index contributed by atoms with van der Waals surface area (Å²) in [5.41, 5.74) is 0. The largest absolute Gasteiger partial charge is 0.394 e. The highest BCUT2D eigenvalue weighted by Crippen LogP contribution is 2.17. The van der Waals surface area contributed by atoms with Crippen LogP contribution in [0, 0.1) is 0 Å². The summed E-state index contributed by atoms with van der Waals surface area (Å²) < 4.78 is 0. The number of aliphatic hydroxyl groups excluding tert-OH is 3. The van der Waals surface area contributed by atoms with Gasteiger partial charge in [0.05, 0.1) is 31.3 Å². The van der Waals surface area contributed by atoms with E-state index in [1.165, 1.54) is 225 Å². The highest BCUT2D eigenvalue weighted by atomic mass is 16.3. The first-order chi connectivity index (χ1) is 27.0. The zero-order valence-electron chi connectivity index (χ0n) is 37.3. The summed E-state index contributed by atoms with van der Waals surface area (Å²) in [6, 6.07) is -0.740. The Bertz CT molecular complexity index is 773. The first kappa shape index (κ1) is 54.1. The molecule has 1 amide bonds. The van der Waals surface area contributed by atoms with Crippen LogP contribution in [0.3, 0.4) is 0 Å². The fraction of sp³-hybridized carbons (Fsp3) is 0.940. The molecule has 0 rings (SSSR count). The summed E-state index contributed by atoms with van der Waals surface area (Å²) in [7, 11) is 0. The number of allylic oxidation sites excluding steroid dienone is 1. The fourth-order valence-corrected chi connectivity index (χ4v) is 7.99. The van der Waals surface area contributed by atoms with Crippen LogP contribution in [0.4, 0.5) is 0 Å². The third-order valence-corrected chi connectivity index (χ3v) is 11.8. The van der Waals surface area contributed by atoms with Gasteiger partial charge in [0.1, 0.15) is 0 Å². The number of hydrogen-bond acceptors (Lipinski definition) is 4. The van der Waals surface area contributed by atoms with Gasteiger partial charge in [0.15, 0.2) is 0 Å². The lowest BCUT2D eigenvalue weighted by Gasteiger charge is -2.21. The number of nitrogens with one attached hydrogen (secondary N) is 1. The molecule has 0 aliphatic carbocycles. The zero-order chi connectivity index (χ0) is 40.1. The Kier molecular flexibility index (Phi) is 45.0. The first-order valence-corrected chi connectivity index (χ1v) is 25.0. The SMILES string of the molecule is CCCCCCCCCCCCCCCCCCCCCC/C=C/C(O)C(CO)NC(=O)CC(O)CCCCCCCCCCCCCCCCCCCC. The number of aliphatic hydroxyl groups is 3. The van der Waals surface area contributed by atoms with Crippen LogP contribution < -0.4 is 5.32 Å². The summed E-state index contributed by atoms with van der Waals surface area (Å²) in [4.78, 5) is 12.5. The van der Waals surface area contributed by atoms with E-state index in [4.69, 9.17) is 0 Å². The van der Waals surface area contributed by atoms with Crippen LogP contribution in [0.25, 0.3) is 0 Å².